The first-order chi connectivity index (χ1) is 6.18. The highest BCUT2D eigenvalue weighted by atomic mass is 16.4. The maximum absolute atomic E-state index is 10.6. The molecule has 1 aliphatic rings. The molecule has 0 aliphatic heterocycles. The van der Waals surface area contributed by atoms with Gasteiger partial charge in [0, 0.05) is 11.4 Å². The van der Waals surface area contributed by atoms with Crippen LogP contribution in [-0.2, 0) is 12.8 Å². The number of fused-ring (bicyclic) bond motifs is 1. The fourth-order valence-electron chi connectivity index (χ4n) is 1.72. The molecule has 0 aromatic carbocycles. The van der Waals surface area contributed by atoms with Gasteiger partial charge in [-0.2, -0.15) is 0 Å². The van der Waals surface area contributed by atoms with E-state index in [1.54, 1.807) is 0 Å². The van der Waals surface area contributed by atoms with Crippen LogP contribution in [0.5, 0.6) is 0 Å². The van der Waals surface area contributed by atoms with Crippen molar-refractivity contribution in [2.75, 3.05) is 0 Å². The molecule has 0 saturated heterocycles. The van der Waals surface area contributed by atoms with Crippen LogP contribution in [-0.4, -0.2) is 21.0 Å². The molecule has 1 N–H and O–H groups in total. The van der Waals surface area contributed by atoms with Crippen LogP contribution in [0.25, 0.3) is 0 Å². The van der Waals surface area contributed by atoms with Crippen LogP contribution in [0.3, 0.4) is 0 Å². The highest BCUT2D eigenvalue weighted by Gasteiger charge is 2.19. The lowest BCUT2D eigenvalue weighted by Gasteiger charge is -2.02. The van der Waals surface area contributed by atoms with Gasteiger partial charge in [0.15, 0.2) is 0 Å². The third kappa shape index (κ3) is 1.28. The molecule has 1 aliphatic carbocycles. The average Bonchev–Trinajstić information content (AvgIpc) is 2.51. The number of nitrogens with zero attached hydrogens (tertiary/aromatic N) is 2. The van der Waals surface area contributed by atoms with Crippen molar-refractivity contribution in [2.24, 2.45) is 0 Å². The zero-order valence-electron chi connectivity index (χ0n) is 7.37. The van der Waals surface area contributed by atoms with Gasteiger partial charge in [-0.15, -0.1) is 0 Å². The predicted octanol–water partition coefficient (Wildman–Crippen LogP) is 0.972. The van der Waals surface area contributed by atoms with Crippen molar-refractivity contribution in [1.82, 2.24) is 9.97 Å². The Morgan fingerprint density at radius 3 is 2.85 bits per heavy atom. The van der Waals surface area contributed by atoms with Crippen LogP contribution < -0.4 is 0 Å². The minimum atomic E-state index is -1.04. The third-order valence-corrected chi connectivity index (χ3v) is 2.33. The Bertz CT molecular complexity index is 374. The number of carboxylic acid groups (broad SMARTS) is 1. The highest BCUT2D eigenvalue weighted by Crippen LogP contribution is 2.21. The fourth-order valence-corrected chi connectivity index (χ4v) is 1.72. The summed E-state index contributed by atoms with van der Waals surface area (Å²) in [7, 11) is 0. The van der Waals surface area contributed by atoms with Gasteiger partial charge >= 0.3 is 5.97 Å². The lowest BCUT2D eigenvalue weighted by Crippen LogP contribution is -2.08. The Labute approximate surface area is 75.6 Å². The molecule has 0 atom stereocenters. The predicted molar refractivity (Wildman–Crippen MR) is 45.8 cm³/mol. The molecule has 0 unspecified atom stereocenters. The molecular weight excluding hydrogens is 168 g/mol. The van der Waals surface area contributed by atoms with E-state index >= 15 is 0 Å². The van der Waals surface area contributed by atoms with Gasteiger partial charge in [-0.1, -0.05) is 0 Å². The van der Waals surface area contributed by atoms with Gasteiger partial charge < -0.3 is 5.11 Å². The molecule has 0 radical (unpaired) electrons. The molecule has 4 heteroatoms. The Balaban J connectivity index is 2.55. The van der Waals surface area contributed by atoms with Gasteiger partial charge in [0.2, 0.25) is 5.82 Å². The van der Waals surface area contributed by atoms with Crippen molar-refractivity contribution in [2.45, 2.75) is 26.2 Å². The number of rotatable bonds is 1. The van der Waals surface area contributed by atoms with Crippen molar-refractivity contribution in [3.63, 3.8) is 0 Å². The van der Waals surface area contributed by atoms with Gasteiger partial charge in [-0.25, -0.2) is 14.8 Å². The monoisotopic (exact) mass is 178 g/mol. The number of hydrogen-bond acceptors (Lipinski definition) is 3. The molecule has 1 heterocycles. The lowest BCUT2D eigenvalue weighted by molar-refractivity contribution is 0.0683. The summed E-state index contributed by atoms with van der Waals surface area (Å²) in [6.45, 7) is 1.85. The molecule has 4 nitrogen and oxygen atoms in total. The number of aromatic nitrogens is 2. The molecule has 0 amide bonds. The molecule has 0 spiro atoms. The molecule has 0 bridgehead atoms. The minimum Gasteiger partial charge on any atom is -0.475 e. The largest absolute Gasteiger partial charge is 0.475 e. The van der Waals surface area contributed by atoms with Crippen molar-refractivity contribution in [3.8, 4) is 0 Å². The van der Waals surface area contributed by atoms with E-state index in [4.69, 9.17) is 5.11 Å². The summed E-state index contributed by atoms with van der Waals surface area (Å²) >= 11 is 0. The van der Waals surface area contributed by atoms with Crippen molar-refractivity contribution >= 4 is 5.97 Å². The third-order valence-electron chi connectivity index (χ3n) is 2.33. The van der Waals surface area contributed by atoms with E-state index in [2.05, 4.69) is 9.97 Å². The standard InChI is InChI=1S/C9H10N2O2/c1-5-6-3-2-4-7(6)11-8(10-5)9(12)13/h2-4H2,1H3,(H,12,13). The topological polar surface area (TPSA) is 63.1 Å². The number of aryl methyl sites for hydroxylation is 2. The summed E-state index contributed by atoms with van der Waals surface area (Å²) < 4.78 is 0. The average molecular weight is 178 g/mol. The van der Waals surface area contributed by atoms with Crippen LogP contribution in [0, 0.1) is 6.92 Å². The summed E-state index contributed by atoms with van der Waals surface area (Å²) in [5.74, 6) is -1.11. The van der Waals surface area contributed by atoms with Crippen molar-refractivity contribution in [1.29, 1.82) is 0 Å². The van der Waals surface area contributed by atoms with Crippen LogP contribution in [0.4, 0.5) is 0 Å². The zero-order valence-corrected chi connectivity index (χ0v) is 7.37. The maximum Gasteiger partial charge on any atom is 0.373 e. The Morgan fingerprint density at radius 1 is 1.38 bits per heavy atom. The first-order valence-electron chi connectivity index (χ1n) is 4.28. The van der Waals surface area contributed by atoms with Crippen LogP contribution in [0.2, 0.25) is 0 Å². The normalized spacial score (nSPS) is 14.2. The van der Waals surface area contributed by atoms with Gasteiger partial charge in [-0.05, 0) is 31.7 Å². The summed E-state index contributed by atoms with van der Waals surface area (Å²) in [6, 6.07) is 0. The SMILES string of the molecule is Cc1nc(C(=O)O)nc2c1CCC2. The second-order valence-electron chi connectivity index (χ2n) is 3.22. The van der Waals surface area contributed by atoms with Crippen molar-refractivity contribution < 1.29 is 9.90 Å². The van der Waals surface area contributed by atoms with Crippen LogP contribution in [0.1, 0.15) is 34.0 Å². The summed E-state index contributed by atoms with van der Waals surface area (Å²) in [5.41, 5.74) is 2.88. The highest BCUT2D eigenvalue weighted by molar-refractivity contribution is 5.83. The summed E-state index contributed by atoms with van der Waals surface area (Å²) in [4.78, 5) is 18.6. The minimum absolute atomic E-state index is 0.0712. The van der Waals surface area contributed by atoms with Gasteiger partial charge in [0.1, 0.15) is 0 Å². The first-order valence-corrected chi connectivity index (χ1v) is 4.28. The number of hydrogen-bond donors (Lipinski definition) is 1. The zero-order chi connectivity index (χ0) is 9.42. The molecule has 13 heavy (non-hydrogen) atoms. The van der Waals surface area contributed by atoms with Gasteiger partial charge in [0.25, 0.3) is 0 Å². The molecule has 68 valence electrons. The van der Waals surface area contributed by atoms with E-state index in [0.29, 0.717) is 0 Å². The smallest absolute Gasteiger partial charge is 0.373 e. The number of aromatic carboxylic acids is 1. The number of carbonyl (C=O) groups is 1. The first kappa shape index (κ1) is 8.16. The second-order valence-corrected chi connectivity index (χ2v) is 3.22. The Kier molecular flexibility index (Phi) is 1.76. The summed E-state index contributed by atoms with van der Waals surface area (Å²) in [5, 5.41) is 8.72. The van der Waals surface area contributed by atoms with Gasteiger partial charge in [-0.3, -0.25) is 0 Å². The van der Waals surface area contributed by atoms with Crippen LogP contribution in [0.15, 0.2) is 0 Å². The van der Waals surface area contributed by atoms with Crippen LogP contribution >= 0.6 is 0 Å². The molecule has 1 aromatic heterocycles. The molecule has 0 saturated carbocycles. The maximum atomic E-state index is 10.6. The molecular formula is C9H10N2O2. The fraction of sp³-hybridized carbons (Fsp3) is 0.444. The Morgan fingerprint density at radius 2 is 2.15 bits per heavy atom. The van der Waals surface area contributed by atoms with E-state index in [1.807, 2.05) is 6.92 Å². The summed E-state index contributed by atoms with van der Waals surface area (Å²) in [6.07, 6.45) is 2.94. The molecule has 1 aromatic rings. The van der Waals surface area contributed by atoms with Crippen molar-refractivity contribution in [3.05, 3.63) is 22.8 Å². The van der Waals surface area contributed by atoms with E-state index in [1.165, 1.54) is 0 Å². The molecule has 2 rings (SSSR count). The second kappa shape index (κ2) is 2.80. The lowest BCUT2D eigenvalue weighted by atomic mass is 10.2. The number of carboxylic acids is 1. The quantitative estimate of drug-likeness (QED) is 0.696. The van der Waals surface area contributed by atoms with Gasteiger partial charge in [0.05, 0.1) is 0 Å². The van der Waals surface area contributed by atoms with E-state index < -0.39 is 5.97 Å². The Hall–Kier alpha value is -1.45. The van der Waals surface area contributed by atoms with E-state index in [9.17, 15) is 4.79 Å². The van der Waals surface area contributed by atoms with E-state index in [0.717, 1.165) is 36.2 Å². The van der Waals surface area contributed by atoms with E-state index in [-0.39, 0.29) is 5.82 Å². The molecule has 0 fully saturated rings.